The average Bonchev–Trinajstić information content (AvgIpc) is 2.81. The van der Waals surface area contributed by atoms with E-state index in [1.165, 1.54) is 18.2 Å². The number of nitrogens with zero attached hydrogens (tertiary/aromatic N) is 2. The summed E-state index contributed by atoms with van der Waals surface area (Å²) in [5.74, 6) is 1.45. The van der Waals surface area contributed by atoms with Crippen molar-refractivity contribution in [2.24, 2.45) is 0 Å². The molecule has 2 aliphatic heterocycles. The van der Waals surface area contributed by atoms with Crippen LogP contribution in [-0.2, 0) is 4.74 Å². The molecule has 0 radical (unpaired) electrons. The third-order valence-corrected chi connectivity index (χ3v) is 5.94. The fourth-order valence-electron chi connectivity index (χ4n) is 3.15. The van der Waals surface area contributed by atoms with Crippen molar-refractivity contribution in [1.29, 1.82) is 0 Å². The lowest BCUT2D eigenvalue weighted by Gasteiger charge is -2.35. The second-order valence-corrected chi connectivity index (χ2v) is 7.68. The molecule has 0 aliphatic carbocycles. The van der Waals surface area contributed by atoms with E-state index in [0.29, 0.717) is 12.1 Å². The summed E-state index contributed by atoms with van der Waals surface area (Å²) in [6, 6.07) is 4.13. The number of amides is 1. The molecule has 24 heavy (non-hydrogen) atoms. The van der Waals surface area contributed by atoms with Crippen LogP contribution in [0.4, 0.5) is 4.39 Å². The van der Waals surface area contributed by atoms with E-state index in [9.17, 15) is 9.18 Å². The number of ether oxygens (including phenoxy) is 1. The summed E-state index contributed by atoms with van der Waals surface area (Å²) in [5, 5.41) is 0.182. The third kappa shape index (κ3) is 4.42. The van der Waals surface area contributed by atoms with E-state index in [1.807, 2.05) is 16.7 Å². The molecule has 0 bridgehead atoms. The van der Waals surface area contributed by atoms with Gasteiger partial charge in [-0.15, -0.1) is 0 Å². The van der Waals surface area contributed by atoms with Crippen molar-refractivity contribution in [3.63, 3.8) is 0 Å². The first-order valence-corrected chi connectivity index (χ1v) is 9.82. The second kappa shape index (κ2) is 8.52. The molecule has 7 heteroatoms. The van der Waals surface area contributed by atoms with Gasteiger partial charge in [0.05, 0.1) is 29.8 Å². The number of hydrogen-bond acceptors (Lipinski definition) is 4. The smallest absolute Gasteiger partial charge is 0.255 e. The van der Waals surface area contributed by atoms with Gasteiger partial charge in [-0.05, 0) is 30.4 Å². The summed E-state index contributed by atoms with van der Waals surface area (Å²) in [6.07, 6.45) is 0.967. The van der Waals surface area contributed by atoms with Crippen LogP contribution in [0.25, 0.3) is 0 Å². The molecule has 3 rings (SSSR count). The molecule has 1 aromatic rings. The molecule has 0 saturated carbocycles. The summed E-state index contributed by atoms with van der Waals surface area (Å²) in [7, 11) is 0. The first kappa shape index (κ1) is 18.0. The molecule has 0 N–H and O–H groups in total. The number of rotatable bonds is 3. The Balaban J connectivity index is 1.76. The van der Waals surface area contributed by atoms with E-state index in [2.05, 4.69) is 4.90 Å². The standard InChI is InChI=1S/C17H22ClFN2O2S/c18-16-10-13(19)2-3-15(16)17(22)21-4-1-9-24-12-14(21)11-20-5-7-23-8-6-20/h2-3,10,14H,1,4-9,11-12H2/t14-/m0/s1. The maximum atomic E-state index is 13.3. The van der Waals surface area contributed by atoms with Gasteiger partial charge < -0.3 is 9.64 Å². The number of morpholine rings is 1. The Bertz CT molecular complexity index is 584. The number of carbonyl (C=O) groups is 1. The van der Waals surface area contributed by atoms with E-state index in [-0.39, 0.29) is 17.0 Å². The molecular formula is C17H22ClFN2O2S. The lowest BCUT2D eigenvalue weighted by atomic mass is 10.1. The molecule has 2 heterocycles. The zero-order valence-electron chi connectivity index (χ0n) is 13.5. The quantitative estimate of drug-likeness (QED) is 0.816. The monoisotopic (exact) mass is 372 g/mol. The highest BCUT2D eigenvalue weighted by Gasteiger charge is 2.29. The molecule has 0 spiro atoms. The van der Waals surface area contributed by atoms with Crippen LogP contribution in [0.1, 0.15) is 16.8 Å². The van der Waals surface area contributed by atoms with Gasteiger partial charge >= 0.3 is 0 Å². The van der Waals surface area contributed by atoms with Gasteiger partial charge in [0, 0.05) is 31.9 Å². The van der Waals surface area contributed by atoms with Crippen LogP contribution in [0.2, 0.25) is 5.02 Å². The van der Waals surface area contributed by atoms with Gasteiger partial charge in [0.15, 0.2) is 0 Å². The number of thioether (sulfide) groups is 1. The summed E-state index contributed by atoms with van der Waals surface area (Å²) < 4.78 is 18.7. The van der Waals surface area contributed by atoms with Crippen LogP contribution >= 0.6 is 23.4 Å². The van der Waals surface area contributed by atoms with Crippen LogP contribution in [0.3, 0.4) is 0 Å². The first-order valence-electron chi connectivity index (χ1n) is 8.29. The molecule has 132 valence electrons. The summed E-state index contributed by atoms with van der Waals surface area (Å²) >= 11 is 7.99. The van der Waals surface area contributed by atoms with Gasteiger partial charge in [-0.1, -0.05) is 11.6 Å². The molecule has 2 fully saturated rings. The zero-order valence-corrected chi connectivity index (χ0v) is 15.1. The summed E-state index contributed by atoms with van der Waals surface area (Å²) in [5.41, 5.74) is 0.386. The van der Waals surface area contributed by atoms with Crippen molar-refractivity contribution < 1.29 is 13.9 Å². The van der Waals surface area contributed by atoms with Gasteiger partial charge in [0.25, 0.3) is 5.91 Å². The predicted octanol–water partition coefficient (Wildman–Crippen LogP) is 2.76. The number of halogens is 2. The van der Waals surface area contributed by atoms with E-state index >= 15 is 0 Å². The van der Waals surface area contributed by atoms with Crippen molar-refractivity contribution in [2.75, 3.05) is 50.9 Å². The minimum atomic E-state index is -0.423. The molecule has 4 nitrogen and oxygen atoms in total. The van der Waals surface area contributed by atoms with Crippen LogP contribution < -0.4 is 0 Å². The molecular weight excluding hydrogens is 351 g/mol. The van der Waals surface area contributed by atoms with E-state index < -0.39 is 5.82 Å². The fraction of sp³-hybridized carbons (Fsp3) is 0.588. The zero-order chi connectivity index (χ0) is 16.9. The lowest BCUT2D eigenvalue weighted by molar-refractivity contribution is 0.0245. The maximum absolute atomic E-state index is 13.3. The van der Waals surface area contributed by atoms with Gasteiger partial charge in [0.2, 0.25) is 0 Å². The highest BCUT2D eigenvalue weighted by molar-refractivity contribution is 7.99. The van der Waals surface area contributed by atoms with Crippen LogP contribution in [0.5, 0.6) is 0 Å². The molecule has 1 atom stereocenters. The summed E-state index contributed by atoms with van der Waals surface area (Å²) in [4.78, 5) is 17.3. The highest BCUT2D eigenvalue weighted by Crippen LogP contribution is 2.24. The van der Waals surface area contributed by atoms with E-state index in [0.717, 1.165) is 50.8 Å². The Kier molecular flexibility index (Phi) is 6.38. The Morgan fingerprint density at radius 3 is 2.88 bits per heavy atom. The molecule has 1 amide bonds. The highest BCUT2D eigenvalue weighted by atomic mass is 35.5. The van der Waals surface area contributed by atoms with Gasteiger partial charge in [-0.3, -0.25) is 9.69 Å². The first-order chi connectivity index (χ1) is 11.6. The molecule has 1 aromatic carbocycles. The Morgan fingerprint density at radius 1 is 1.33 bits per heavy atom. The molecule has 0 unspecified atom stereocenters. The van der Waals surface area contributed by atoms with Gasteiger partial charge in [-0.2, -0.15) is 11.8 Å². The average molecular weight is 373 g/mol. The Hall–Kier alpha value is -0.820. The fourth-order valence-corrected chi connectivity index (χ4v) is 4.45. The topological polar surface area (TPSA) is 32.8 Å². The largest absolute Gasteiger partial charge is 0.379 e. The summed E-state index contributed by atoms with van der Waals surface area (Å²) in [6.45, 7) is 4.87. The van der Waals surface area contributed by atoms with Crippen molar-refractivity contribution in [2.45, 2.75) is 12.5 Å². The minimum Gasteiger partial charge on any atom is -0.379 e. The van der Waals surface area contributed by atoms with Crippen molar-refractivity contribution in [1.82, 2.24) is 9.80 Å². The number of hydrogen-bond donors (Lipinski definition) is 0. The Labute approximate surface area is 151 Å². The van der Waals surface area contributed by atoms with Crippen LogP contribution in [0, 0.1) is 5.82 Å². The normalized spacial score (nSPS) is 23.1. The maximum Gasteiger partial charge on any atom is 0.255 e. The van der Waals surface area contributed by atoms with Gasteiger partial charge in [-0.25, -0.2) is 4.39 Å². The lowest BCUT2D eigenvalue weighted by Crippen LogP contribution is -2.50. The van der Waals surface area contributed by atoms with Crippen molar-refractivity contribution >= 4 is 29.3 Å². The Morgan fingerprint density at radius 2 is 2.12 bits per heavy atom. The van der Waals surface area contributed by atoms with Crippen molar-refractivity contribution in [3.8, 4) is 0 Å². The molecule has 0 aromatic heterocycles. The van der Waals surface area contributed by atoms with Crippen LogP contribution in [0.15, 0.2) is 18.2 Å². The van der Waals surface area contributed by atoms with Crippen molar-refractivity contribution in [3.05, 3.63) is 34.6 Å². The minimum absolute atomic E-state index is 0.0965. The second-order valence-electron chi connectivity index (χ2n) is 6.12. The number of carbonyl (C=O) groups excluding carboxylic acids is 1. The van der Waals surface area contributed by atoms with E-state index in [4.69, 9.17) is 16.3 Å². The third-order valence-electron chi connectivity index (χ3n) is 4.43. The van der Waals surface area contributed by atoms with E-state index in [1.54, 1.807) is 0 Å². The number of benzene rings is 1. The van der Waals surface area contributed by atoms with Gasteiger partial charge in [0.1, 0.15) is 5.82 Å². The molecule has 2 saturated heterocycles. The SMILES string of the molecule is O=C(c1ccc(F)cc1Cl)N1CCCSC[C@@H]1CN1CCOCC1. The van der Waals surface area contributed by atoms with Crippen LogP contribution in [-0.4, -0.2) is 72.6 Å². The molecule has 2 aliphatic rings. The predicted molar refractivity (Wildman–Crippen MR) is 95.4 cm³/mol.